The van der Waals surface area contributed by atoms with Gasteiger partial charge in [-0.3, -0.25) is 0 Å². The van der Waals surface area contributed by atoms with Crippen LogP contribution in [0.25, 0.3) is 5.69 Å². The summed E-state index contributed by atoms with van der Waals surface area (Å²) in [5.74, 6) is 0.273. The summed E-state index contributed by atoms with van der Waals surface area (Å²) in [5, 5.41) is 9.15. The van der Waals surface area contributed by atoms with E-state index in [2.05, 4.69) is 12.6 Å². The number of carbonyl (C=O) groups excluding carboxylic acids is 1. The van der Waals surface area contributed by atoms with Gasteiger partial charge in [0.25, 0.3) is 0 Å². The van der Waals surface area contributed by atoms with Gasteiger partial charge in [0.2, 0.25) is 0 Å². The Morgan fingerprint density at radius 1 is 1.26 bits per heavy atom. The summed E-state index contributed by atoms with van der Waals surface area (Å²) in [5.41, 5.74) is 6.63. The van der Waals surface area contributed by atoms with Crippen molar-refractivity contribution >= 4 is 24.3 Å². The number of rotatable bonds is 4. The first kappa shape index (κ1) is 16.6. The zero-order valence-electron chi connectivity index (χ0n) is 12.8. The predicted molar refractivity (Wildman–Crippen MR) is 86.6 cm³/mol. The Bertz CT molecular complexity index is 808. The summed E-state index contributed by atoms with van der Waals surface area (Å²) in [6.45, 7) is 0. The lowest BCUT2D eigenvalue weighted by Crippen LogP contribution is -2.11. The Balaban J connectivity index is 2.77. The molecule has 1 aromatic carbocycles. The number of hydrogen-bond donors (Lipinski definition) is 2. The van der Waals surface area contributed by atoms with Gasteiger partial charge in [-0.05, 0) is 6.07 Å². The van der Waals surface area contributed by atoms with Crippen molar-refractivity contribution in [3.63, 3.8) is 0 Å². The third-order valence-electron chi connectivity index (χ3n) is 3.28. The van der Waals surface area contributed by atoms with Gasteiger partial charge in [0, 0.05) is 17.2 Å². The Morgan fingerprint density at radius 2 is 1.87 bits per heavy atom. The molecule has 0 saturated heterocycles. The number of nitrogens with two attached hydrogens (primary N) is 1. The molecule has 0 spiro atoms. The minimum absolute atomic E-state index is 0.0434. The van der Waals surface area contributed by atoms with E-state index < -0.39 is 5.97 Å². The molecule has 0 fully saturated rings. The van der Waals surface area contributed by atoms with Crippen LogP contribution < -0.4 is 15.2 Å². The fourth-order valence-corrected chi connectivity index (χ4v) is 2.44. The lowest BCUT2D eigenvalue weighted by Gasteiger charge is -2.14. The Hall–Kier alpha value is -2.79. The molecule has 23 heavy (non-hydrogen) atoms. The highest BCUT2D eigenvalue weighted by atomic mass is 32.1. The lowest BCUT2D eigenvalue weighted by molar-refractivity contribution is 0.0593. The molecule has 0 amide bonds. The molecular weight excluding hydrogens is 318 g/mol. The maximum atomic E-state index is 12.0. The number of nitrogens with zero attached hydrogens (tertiary/aromatic N) is 2. The van der Waals surface area contributed by atoms with E-state index in [4.69, 9.17) is 25.2 Å². The minimum Gasteiger partial charge on any atom is -0.493 e. The minimum atomic E-state index is -0.661. The molecule has 2 N–H and O–H groups in total. The predicted octanol–water partition coefficient (Wildman–Crippen LogP) is 2.02. The largest absolute Gasteiger partial charge is 0.493 e. The molecule has 7 nitrogen and oxygen atoms in total. The van der Waals surface area contributed by atoms with Crippen LogP contribution in [0.4, 0.5) is 5.69 Å². The van der Waals surface area contributed by atoms with Crippen molar-refractivity contribution in [1.82, 2.24) is 4.57 Å². The van der Waals surface area contributed by atoms with Crippen LogP contribution in [0.15, 0.2) is 23.2 Å². The number of esters is 1. The van der Waals surface area contributed by atoms with Gasteiger partial charge < -0.3 is 24.5 Å². The normalized spacial score (nSPS) is 10.0. The molecule has 8 heteroatoms. The summed E-state index contributed by atoms with van der Waals surface area (Å²) in [6, 6.07) is 5.21. The summed E-state index contributed by atoms with van der Waals surface area (Å²) in [6.07, 6.45) is 1.45. The van der Waals surface area contributed by atoms with Gasteiger partial charge in [0.05, 0.1) is 38.3 Å². The molecule has 0 aliphatic heterocycles. The second-order valence-electron chi connectivity index (χ2n) is 4.47. The van der Waals surface area contributed by atoms with Crippen LogP contribution in [-0.2, 0) is 4.74 Å². The second kappa shape index (κ2) is 6.54. The molecule has 2 rings (SSSR count). The molecule has 0 atom stereocenters. The highest BCUT2D eigenvalue weighted by Crippen LogP contribution is 2.36. The average Bonchev–Trinajstić information content (AvgIpc) is 2.90. The zero-order chi connectivity index (χ0) is 17.1. The molecule has 0 unspecified atom stereocenters. The van der Waals surface area contributed by atoms with Gasteiger partial charge >= 0.3 is 5.97 Å². The van der Waals surface area contributed by atoms with Crippen molar-refractivity contribution in [2.45, 2.75) is 4.90 Å². The first-order valence-corrected chi connectivity index (χ1v) is 6.87. The van der Waals surface area contributed by atoms with E-state index in [9.17, 15) is 4.79 Å². The van der Waals surface area contributed by atoms with E-state index >= 15 is 0 Å². The number of thiol groups is 1. The van der Waals surface area contributed by atoms with Gasteiger partial charge in [-0.25, -0.2) is 4.79 Å². The van der Waals surface area contributed by atoms with Gasteiger partial charge in [-0.2, -0.15) is 5.26 Å². The number of carbonyl (C=O) groups is 1. The second-order valence-corrected chi connectivity index (χ2v) is 4.96. The number of benzene rings is 1. The number of methoxy groups -OCH3 is 3. The van der Waals surface area contributed by atoms with Crippen molar-refractivity contribution in [2.75, 3.05) is 27.1 Å². The van der Waals surface area contributed by atoms with Crippen molar-refractivity contribution in [2.24, 2.45) is 0 Å². The fourth-order valence-electron chi connectivity index (χ4n) is 2.16. The third-order valence-corrected chi connectivity index (χ3v) is 3.64. The van der Waals surface area contributed by atoms with Crippen LogP contribution in [0.2, 0.25) is 0 Å². The SMILES string of the molecule is COC(=O)c1c(N)c(C#N)cn1-c1cc(OC)c(OC)cc1S. The topological polar surface area (TPSA) is 99.5 Å². The summed E-state index contributed by atoms with van der Waals surface area (Å²) in [4.78, 5) is 12.5. The summed E-state index contributed by atoms with van der Waals surface area (Å²) in [7, 11) is 4.24. The molecule has 0 radical (unpaired) electrons. The molecule has 0 bridgehead atoms. The molecular formula is C15H15N3O4S. The van der Waals surface area contributed by atoms with Gasteiger partial charge in [0.1, 0.15) is 6.07 Å². The highest BCUT2D eigenvalue weighted by molar-refractivity contribution is 7.80. The smallest absolute Gasteiger partial charge is 0.357 e. The summed E-state index contributed by atoms with van der Waals surface area (Å²) >= 11 is 4.40. The van der Waals surface area contributed by atoms with E-state index in [1.165, 1.54) is 32.1 Å². The van der Waals surface area contributed by atoms with Crippen LogP contribution in [0.5, 0.6) is 11.5 Å². The number of aromatic nitrogens is 1. The van der Waals surface area contributed by atoms with E-state index in [0.29, 0.717) is 22.1 Å². The zero-order valence-corrected chi connectivity index (χ0v) is 13.7. The first-order chi connectivity index (χ1) is 11.0. The molecule has 2 aromatic rings. The van der Waals surface area contributed by atoms with Crippen LogP contribution in [0.1, 0.15) is 16.1 Å². The number of anilines is 1. The number of nitriles is 1. The quantitative estimate of drug-likeness (QED) is 0.656. The van der Waals surface area contributed by atoms with Gasteiger partial charge in [-0.15, -0.1) is 12.6 Å². The Kier molecular flexibility index (Phi) is 4.71. The molecule has 120 valence electrons. The molecule has 0 aliphatic carbocycles. The average molecular weight is 333 g/mol. The molecule has 1 heterocycles. The standard InChI is InChI=1S/C15H15N3O4S/c1-20-10-4-9(12(23)5-11(10)21-2)18-7-8(6-16)13(17)14(18)15(19)22-3/h4-5,7,23H,17H2,1-3H3. The highest BCUT2D eigenvalue weighted by Gasteiger charge is 2.23. The number of ether oxygens (including phenoxy) is 3. The van der Waals surface area contributed by atoms with Crippen molar-refractivity contribution in [1.29, 1.82) is 5.26 Å². The van der Waals surface area contributed by atoms with Gasteiger partial charge in [-0.1, -0.05) is 0 Å². The monoisotopic (exact) mass is 333 g/mol. The van der Waals surface area contributed by atoms with Crippen LogP contribution in [0.3, 0.4) is 0 Å². The summed E-state index contributed by atoms with van der Waals surface area (Å²) < 4.78 is 16.7. The molecule has 0 aliphatic rings. The van der Waals surface area contributed by atoms with Gasteiger partial charge in [0.15, 0.2) is 17.2 Å². The van der Waals surface area contributed by atoms with Crippen LogP contribution >= 0.6 is 12.6 Å². The maximum absolute atomic E-state index is 12.0. The van der Waals surface area contributed by atoms with Crippen molar-refractivity contribution < 1.29 is 19.0 Å². The Morgan fingerprint density at radius 3 is 2.39 bits per heavy atom. The first-order valence-electron chi connectivity index (χ1n) is 6.43. The Labute approximate surface area is 138 Å². The van der Waals surface area contributed by atoms with Crippen molar-refractivity contribution in [3.8, 4) is 23.3 Å². The van der Waals surface area contributed by atoms with E-state index in [0.717, 1.165) is 0 Å². The number of nitrogen functional groups attached to an aromatic ring is 1. The lowest BCUT2D eigenvalue weighted by atomic mass is 10.2. The maximum Gasteiger partial charge on any atom is 0.357 e. The van der Waals surface area contributed by atoms with E-state index in [1.54, 1.807) is 12.1 Å². The number of hydrogen-bond acceptors (Lipinski definition) is 7. The third kappa shape index (κ3) is 2.78. The fraction of sp³-hybridized carbons (Fsp3) is 0.200. The molecule has 1 aromatic heterocycles. The van der Waals surface area contributed by atoms with E-state index in [-0.39, 0.29) is 16.9 Å². The van der Waals surface area contributed by atoms with Crippen LogP contribution in [0, 0.1) is 11.3 Å². The molecule has 0 saturated carbocycles. The van der Waals surface area contributed by atoms with Crippen LogP contribution in [-0.4, -0.2) is 31.9 Å². The van der Waals surface area contributed by atoms with Crippen molar-refractivity contribution in [3.05, 3.63) is 29.6 Å². The van der Waals surface area contributed by atoms with E-state index in [1.807, 2.05) is 6.07 Å².